The van der Waals surface area contributed by atoms with Crippen molar-refractivity contribution < 1.29 is 9.53 Å². The topological polar surface area (TPSA) is 29.5 Å². The predicted molar refractivity (Wildman–Crippen MR) is 96.9 cm³/mol. The van der Waals surface area contributed by atoms with Crippen molar-refractivity contribution in [2.24, 2.45) is 11.8 Å². The van der Waals surface area contributed by atoms with E-state index < -0.39 is 5.41 Å². The van der Waals surface area contributed by atoms with Crippen LogP contribution in [0.15, 0.2) is 30.3 Å². The molecule has 3 rings (SSSR count). The predicted octanol–water partition coefficient (Wildman–Crippen LogP) is 4.02. The molecule has 24 heavy (non-hydrogen) atoms. The molecule has 0 spiro atoms. The highest BCUT2D eigenvalue weighted by atomic mass is 16.5. The van der Waals surface area contributed by atoms with Crippen molar-refractivity contribution >= 4 is 5.97 Å². The Morgan fingerprint density at radius 1 is 1.17 bits per heavy atom. The van der Waals surface area contributed by atoms with Gasteiger partial charge in [-0.15, -0.1) is 0 Å². The van der Waals surface area contributed by atoms with E-state index in [1.165, 1.54) is 12.8 Å². The number of piperidine rings is 1. The average molecular weight is 329 g/mol. The lowest BCUT2D eigenvalue weighted by Gasteiger charge is -2.39. The van der Waals surface area contributed by atoms with Gasteiger partial charge < -0.3 is 9.64 Å². The molecule has 0 radical (unpaired) electrons. The summed E-state index contributed by atoms with van der Waals surface area (Å²) in [4.78, 5) is 15.6. The molecule has 1 aromatic carbocycles. The van der Waals surface area contributed by atoms with Crippen molar-refractivity contribution in [2.45, 2.75) is 57.5 Å². The van der Waals surface area contributed by atoms with E-state index in [1.807, 2.05) is 18.2 Å². The molecule has 1 heterocycles. The molecule has 3 heteroatoms. The SMILES string of the molecule is CC1CN(C)CCC1OC(=O)C(C)(c1ccccc1)C1CCCC1. The second kappa shape index (κ2) is 7.26. The highest BCUT2D eigenvalue weighted by molar-refractivity contribution is 5.83. The third kappa shape index (κ3) is 3.37. The molecule has 3 unspecified atom stereocenters. The zero-order valence-corrected chi connectivity index (χ0v) is 15.3. The fraction of sp³-hybridized carbons (Fsp3) is 0.667. The summed E-state index contributed by atoms with van der Waals surface area (Å²) < 4.78 is 6.12. The lowest BCUT2D eigenvalue weighted by Crippen LogP contribution is -2.47. The van der Waals surface area contributed by atoms with Crippen LogP contribution < -0.4 is 0 Å². The van der Waals surface area contributed by atoms with Gasteiger partial charge in [0.25, 0.3) is 0 Å². The molecule has 132 valence electrons. The van der Waals surface area contributed by atoms with Crippen LogP contribution in [0.1, 0.15) is 51.5 Å². The zero-order valence-electron chi connectivity index (χ0n) is 15.3. The first-order chi connectivity index (χ1) is 11.5. The molecule has 3 atom stereocenters. The largest absolute Gasteiger partial charge is 0.461 e. The average Bonchev–Trinajstić information content (AvgIpc) is 3.12. The molecule has 2 aliphatic rings. The quantitative estimate of drug-likeness (QED) is 0.782. The first kappa shape index (κ1) is 17.5. The number of hydrogen-bond acceptors (Lipinski definition) is 3. The Balaban J connectivity index is 1.81. The minimum absolute atomic E-state index is 0.0120. The maximum atomic E-state index is 13.3. The van der Waals surface area contributed by atoms with Gasteiger partial charge in [0.2, 0.25) is 0 Å². The maximum Gasteiger partial charge on any atom is 0.316 e. The molecule has 1 aliphatic heterocycles. The van der Waals surface area contributed by atoms with E-state index in [-0.39, 0.29) is 12.1 Å². The molecule has 1 saturated carbocycles. The molecule has 1 saturated heterocycles. The molecule has 0 N–H and O–H groups in total. The van der Waals surface area contributed by atoms with E-state index in [4.69, 9.17) is 4.74 Å². The molecule has 3 nitrogen and oxygen atoms in total. The van der Waals surface area contributed by atoms with Crippen LogP contribution >= 0.6 is 0 Å². The van der Waals surface area contributed by atoms with Crippen LogP contribution in [0, 0.1) is 11.8 Å². The summed E-state index contributed by atoms with van der Waals surface area (Å²) in [5.74, 6) is 0.785. The van der Waals surface area contributed by atoms with Gasteiger partial charge in [0.1, 0.15) is 6.10 Å². The second-order valence-electron chi connectivity index (χ2n) is 8.02. The van der Waals surface area contributed by atoms with Gasteiger partial charge in [0.15, 0.2) is 0 Å². The van der Waals surface area contributed by atoms with Crippen molar-refractivity contribution in [3.63, 3.8) is 0 Å². The fourth-order valence-corrected chi connectivity index (χ4v) is 4.58. The number of benzene rings is 1. The van der Waals surface area contributed by atoms with E-state index in [2.05, 4.69) is 37.9 Å². The van der Waals surface area contributed by atoms with Gasteiger partial charge in [0.05, 0.1) is 5.41 Å². The number of ether oxygens (including phenoxy) is 1. The minimum atomic E-state index is -0.513. The summed E-state index contributed by atoms with van der Waals surface area (Å²) >= 11 is 0. The van der Waals surface area contributed by atoms with Crippen LogP contribution in [0.5, 0.6) is 0 Å². The second-order valence-corrected chi connectivity index (χ2v) is 8.02. The summed E-state index contributed by atoms with van der Waals surface area (Å²) in [7, 11) is 2.14. The zero-order chi connectivity index (χ0) is 17.2. The van der Waals surface area contributed by atoms with Crippen LogP contribution in [-0.4, -0.2) is 37.1 Å². The molecule has 1 aromatic rings. The first-order valence-corrected chi connectivity index (χ1v) is 9.47. The Labute approximate surface area is 146 Å². The fourth-order valence-electron chi connectivity index (χ4n) is 4.58. The molecule has 0 amide bonds. The summed E-state index contributed by atoms with van der Waals surface area (Å²) in [6, 6.07) is 10.3. The third-order valence-corrected chi connectivity index (χ3v) is 6.26. The normalized spacial score (nSPS) is 28.5. The molecule has 0 aromatic heterocycles. The molecule has 1 aliphatic carbocycles. The van der Waals surface area contributed by atoms with Crippen molar-refractivity contribution in [3.05, 3.63) is 35.9 Å². The monoisotopic (exact) mass is 329 g/mol. The summed E-state index contributed by atoms with van der Waals surface area (Å²) in [6.45, 7) is 6.32. The maximum absolute atomic E-state index is 13.3. The van der Waals surface area contributed by atoms with E-state index in [1.54, 1.807) is 0 Å². The van der Waals surface area contributed by atoms with Crippen LogP contribution in [0.4, 0.5) is 0 Å². The van der Waals surface area contributed by atoms with E-state index in [9.17, 15) is 4.79 Å². The van der Waals surface area contributed by atoms with Crippen molar-refractivity contribution in [1.29, 1.82) is 0 Å². The highest BCUT2D eigenvalue weighted by Crippen LogP contribution is 2.43. The first-order valence-electron chi connectivity index (χ1n) is 9.47. The smallest absolute Gasteiger partial charge is 0.316 e. The lowest BCUT2D eigenvalue weighted by molar-refractivity contribution is -0.163. The number of nitrogens with zero attached hydrogens (tertiary/aromatic N) is 1. The van der Waals surface area contributed by atoms with Crippen LogP contribution in [0.25, 0.3) is 0 Å². The molecule has 0 bridgehead atoms. The summed E-state index contributed by atoms with van der Waals surface area (Å²) in [6.07, 6.45) is 5.71. The summed E-state index contributed by atoms with van der Waals surface area (Å²) in [5, 5.41) is 0. The van der Waals surface area contributed by atoms with Crippen molar-refractivity contribution in [3.8, 4) is 0 Å². The van der Waals surface area contributed by atoms with Gasteiger partial charge >= 0.3 is 5.97 Å². The molecular formula is C21H31NO2. The van der Waals surface area contributed by atoms with Crippen molar-refractivity contribution in [2.75, 3.05) is 20.1 Å². The number of carbonyl (C=O) groups excluding carboxylic acids is 1. The molecule has 2 fully saturated rings. The van der Waals surface area contributed by atoms with Gasteiger partial charge in [-0.25, -0.2) is 0 Å². The third-order valence-electron chi connectivity index (χ3n) is 6.26. The van der Waals surface area contributed by atoms with E-state index in [0.717, 1.165) is 37.9 Å². The summed E-state index contributed by atoms with van der Waals surface area (Å²) in [5.41, 5.74) is 0.600. The Kier molecular flexibility index (Phi) is 5.29. The van der Waals surface area contributed by atoms with Gasteiger partial charge in [-0.3, -0.25) is 4.79 Å². The Morgan fingerprint density at radius 3 is 2.46 bits per heavy atom. The Morgan fingerprint density at radius 2 is 1.83 bits per heavy atom. The van der Waals surface area contributed by atoms with Gasteiger partial charge in [0, 0.05) is 19.0 Å². The Bertz CT molecular complexity index is 552. The Hall–Kier alpha value is -1.35. The molecular weight excluding hydrogens is 298 g/mol. The minimum Gasteiger partial charge on any atom is -0.461 e. The number of rotatable bonds is 4. The van der Waals surface area contributed by atoms with Crippen LogP contribution in [0.2, 0.25) is 0 Å². The van der Waals surface area contributed by atoms with Crippen LogP contribution in [-0.2, 0) is 14.9 Å². The van der Waals surface area contributed by atoms with Crippen LogP contribution in [0.3, 0.4) is 0 Å². The lowest BCUT2D eigenvalue weighted by atomic mass is 9.71. The van der Waals surface area contributed by atoms with E-state index >= 15 is 0 Å². The highest BCUT2D eigenvalue weighted by Gasteiger charge is 2.46. The van der Waals surface area contributed by atoms with Crippen molar-refractivity contribution in [1.82, 2.24) is 4.90 Å². The standard InChI is InChI=1S/C21H31NO2/c1-16-15-22(3)14-13-19(16)24-20(23)21(2,18-11-7-8-12-18)17-9-5-4-6-10-17/h4-6,9-10,16,18-19H,7-8,11-15H2,1-3H3. The number of hydrogen-bond donors (Lipinski definition) is 0. The van der Waals surface area contributed by atoms with Gasteiger partial charge in [-0.2, -0.15) is 0 Å². The van der Waals surface area contributed by atoms with Gasteiger partial charge in [-0.1, -0.05) is 50.1 Å². The number of carbonyl (C=O) groups is 1. The number of esters is 1. The van der Waals surface area contributed by atoms with Gasteiger partial charge in [-0.05, 0) is 44.7 Å². The van der Waals surface area contributed by atoms with E-state index in [0.29, 0.717) is 11.8 Å². The number of likely N-dealkylation sites (tertiary alicyclic amines) is 1.